The summed E-state index contributed by atoms with van der Waals surface area (Å²) >= 11 is 5.94. The molecule has 0 spiro atoms. The Labute approximate surface area is 202 Å². The van der Waals surface area contributed by atoms with Gasteiger partial charge in [0.05, 0.1) is 9.92 Å². The molecule has 3 aromatic rings. The molecular weight excluding hydrogens is 481 g/mol. The number of sulfonamides is 1. The zero-order valence-electron chi connectivity index (χ0n) is 18.2. The predicted octanol–water partition coefficient (Wildman–Crippen LogP) is 3.92. The minimum atomic E-state index is -3.90. The topological polar surface area (TPSA) is 88.6 Å². The highest BCUT2D eigenvalue weighted by Crippen LogP contribution is 2.26. The Morgan fingerprint density at radius 1 is 1.15 bits per heavy atom. The molecule has 1 fully saturated rings. The molecule has 0 radical (unpaired) electrons. The van der Waals surface area contributed by atoms with Gasteiger partial charge < -0.3 is 10.1 Å². The minimum Gasteiger partial charge on any atom is -0.489 e. The Hall–Kier alpha value is -3.01. The maximum absolute atomic E-state index is 13.2. The van der Waals surface area contributed by atoms with Crippen molar-refractivity contribution in [1.29, 1.82) is 0 Å². The van der Waals surface area contributed by atoms with Crippen LogP contribution in [0.2, 0.25) is 5.02 Å². The van der Waals surface area contributed by atoms with E-state index in [1.807, 2.05) is 12.1 Å². The van der Waals surface area contributed by atoms with Gasteiger partial charge in [-0.3, -0.25) is 9.78 Å². The second-order valence-electron chi connectivity index (χ2n) is 7.89. The number of benzene rings is 2. The normalized spacial score (nSPS) is 16.4. The fourth-order valence-corrected chi connectivity index (χ4v) is 5.64. The fraction of sp³-hybridized carbons (Fsp3) is 0.250. The molecule has 0 unspecified atom stereocenters. The number of hydrogen-bond donors (Lipinski definition) is 1. The molecule has 7 nitrogen and oxygen atoms in total. The van der Waals surface area contributed by atoms with Gasteiger partial charge in [-0.25, -0.2) is 12.8 Å². The maximum Gasteiger partial charge on any atom is 0.243 e. The number of carbonyl (C=O) groups is 1. The molecule has 10 heteroatoms. The van der Waals surface area contributed by atoms with E-state index in [0.29, 0.717) is 30.2 Å². The third-order valence-electron chi connectivity index (χ3n) is 5.46. The first-order chi connectivity index (χ1) is 16.3. The van der Waals surface area contributed by atoms with E-state index in [1.165, 1.54) is 16.4 Å². The van der Waals surface area contributed by atoms with Gasteiger partial charge in [0, 0.05) is 31.0 Å². The van der Waals surface area contributed by atoms with E-state index in [4.69, 9.17) is 16.3 Å². The van der Waals surface area contributed by atoms with E-state index in [2.05, 4.69) is 10.3 Å². The number of carbonyl (C=O) groups excluding carboxylic acids is 1. The Kier molecular flexibility index (Phi) is 7.45. The minimum absolute atomic E-state index is 0.0339. The third kappa shape index (κ3) is 5.72. The number of aromatic nitrogens is 1. The quantitative estimate of drug-likeness (QED) is 0.503. The Bertz CT molecular complexity index is 1270. The first-order valence-corrected chi connectivity index (χ1v) is 12.5. The van der Waals surface area contributed by atoms with Gasteiger partial charge in [-0.2, -0.15) is 4.31 Å². The summed E-state index contributed by atoms with van der Waals surface area (Å²) in [6, 6.07) is 12.8. The van der Waals surface area contributed by atoms with Gasteiger partial charge in [0.15, 0.2) is 0 Å². The van der Waals surface area contributed by atoms with Gasteiger partial charge in [0.1, 0.15) is 24.2 Å². The lowest BCUT2D eigenvalue weighted by molar-refractivity contribution is -0.124. The van der Waals surface area contributed by atoms with Crippen LogP contribution < -0.4 is 10.1 Å². The first kappa shape index (κ1) is 24.1. The van der Waals surface area contributed by atoms with Gasteiger partial charge >= 0.3 is 0 Å². The van der Waals surface area contributed by atoms with E-state index < -0.39 is 21.9 Å². The molecule has 1 aromatic heterocycles. The second kappa shape index (κ2) is 10.5. The number of hydrogen-bond acceptors (Lipinski definition) is 5. The monoisotopic (exact) mass is 503 g/mol. The average molecular weight is 504 g/mol. The molecule has 4 rings (SSSR count). The highest BCUT2D eigenvalue weighted by Gasteiger charge is 2.39. The van der Waals surface area contributed by atoms with Crippen molar-refractivity contribution in [3.8, 4) is 5.75 Å². The molecule has 1 saturated heterocycles. The summed E-state index contributed by atoms with van der Waals surface area (Å²) < 4.78 is 46.2. The molecule has 1 atom stereocenters. The summed E-state index contributed by atoms with van der Waals surface area (Å²) in [6.45, 7) is 0.747. The van der Waals surface area contributed by atoms with Crippen molar-refractivity contribution >= 4 is 27.5 Å². The van der Waals surface area contributed by atoms with Crippen molar-refractivity contribution in [2.45, 2.75) is 36.9 Å². The molecule has 1 aliphatic heterocycles. The van der Waals surface area contributed by atoms with Crippen LogP contribution in [0.15, 0.2) is 71.9 Å². The summed E-state index contributed by atoms with van der Waals surface area (Å²) in [7, 11) is -3.90. The molecule has 1 aliphatic rings. The second-order valence-corrected chi connectivity index (χ2v) is 10.2. The molecule has 2 heterocycles. The van der Waals surface area contributed by atoms with Gasteiger partial charge in [0.2, 0.25) is 15.9 Å². The zero-order valence-corrected chi connectivity index (χ0v) is 19.7. The van der Waals surface area contributed by atoms with Crippen molar-refractivity contribution in [3.05, 3.63) is 89.0 Å². The van der Waals surface area contributed by atoms with Crippen LogP contribution in [0.3, 0.4) is 0 Å². The molecule has 0 aliphatic carbocycles. The van der Waals surface area contributed by atoms with Crippen LogP contribution in [0, 0.1) is 5.82 Å². The number of ether oxygens (including phenoxy) is 1. The summed E-state index contributed by atoms with van der Waals surface area (Å²) in [5.74, 6) is -0.280. The van der Waals surface area contributed by atoms with Gasteiger partial charge in [0.25, 0.3) is 0 Å². The van der Waals surface area contributed by atoms with Crippen LogP contribution in [0.1, 0.15) is 24.0 Å². The first-order valence-electron chi connectivity index (χ1n) is 10.7. The van der Waals surface area contributed by atoms with E-state index in [0.717, 1.165) is 23.3 Å². The van der Waals surface area contributed by atoms with Crippen molar-refractivity contribution in [2.24, 2.45) is 0 Å². The summed E-state index contributed by atoms with van der Waals surface area (Å²) in [6.07, 6.45) is 4.21. The lowest BCUT2D eigenvalue weighted by atomic mass is 10.2. The van der Waals surface area contributed by atoms with E-state index in [-0.39, 0.29) is 23.9 Å². The smallest absolute Gasteiger partial charge is 0.243 e. The van der Waals surface area contributed by atoms with Crippen LogP contribution in [-0.2, 0) is 28.0 Å². The summed E-state index contributed by atoms with van der Waals surface area (Å²) in [5.41, 5.74) is 1.64. The Balaban J connectivity index is 1.37. The van der Waals surface area contributed by atoms with E-state index in [9.17, 15) is 17.6 Å². The van der Waals surface area contributed by atoms with Gasteiger partial charge in [-0.15, -0.1) is 0 Å². The number of pyridine rings is 1. The van der Waals surface area contributed by atoms with Crippen LogP contribution in [0.5, 0.6) is 5.75 Å². The Morgan fingerprint density at radius 3 is 2.71 bits per heavy atom. The predicted molar refractivity (Wildman–Crippen MR) is 125 cm³/mol. The van der Waals surface area contributed by atoms with Crippen LogP contribution in [0.4, 0.5) is 4.39 Å². The fourth-order valence-electron chi connectivity index (χ4n) is 3.79. The number of halogens is 2. The van der Waals surface area contributed by atoms with E-state index in [1.54, 1.807) is 30.6 Å². The molecule has 0 saturated carbocycles. The summed E-state index contributed by atoms with van der Waals surface area (Å²) in [5, 5.41) is 3.35. The molecular formula is C24H23ClFN3O4S. The van der Waals surface area contributed by atoms with Crippen molar-refractivity contribution < 1.29 is 22.3 Å². The highest BCUT2D eigenvalue weighted by molar-refractivity contribution is 7.89. The number of rotatable bonds is 8. The Morgan fingerprint density at radius 2 is 1.94 bits per heavy atom. The van der Waals surface area contributed by atoms with Crippen LogP contribution in [-0.4, -0.2) is 36.2 Å². The average Bonchev–Trinajstić information content (AvgIpc) is 3.33. The van der Waals surface area contributed by atoms with Crippen molar-refractivity contribution in [3.63, 3.8) is 0 Å². The molecule has 1 N–H and O–H groups in total. The third-order valence-corrected chi connectivity index (χ3v) is 7.59. The SMILES string of the molecule is O=C(NCc1cccc(OCc2cncc(Cl)c2)c1)[C@@H]1CCCN1S(=O)(=O)c1ccc(F)cc1. The lowest BCUT2D eigenvalue weighted by Crippen LogP contribution is -2.45. The van der Waals surface area contributed by atoms with Crippen molar-refractivity contribution in [2.75, 3.05) is 6.54 Å². The van der Waals surface area contributed by atoms with Crippen LogP contribution in [0.25, 0.3) is 0 Å². The van der Waals surface area contributed by atoms with Gasteiger partial charge in [-0.05, 0) is 60.9 Å². The van der Waals surface area contributed by atoms with E-state index >= 15 is 0 Å². The largest absolute Gasteiger partial charge is 0.489 e. The van der Waals surface area contributed by atoms with Crippen LogP contribution >= 0.6 is 11.6 Å². The molecule has 1 amide bonds. The molecule has 2 aromatic carbocycles. The molecule has 178 valence electrons. The standard InChI is InChI=1S/C24H23ClFN3O4S/c25-19-11-18(13-27-15-19)16-33-21-4-1-3-17(12-21)14-28-24(30)23-5-2-10-29(23)34(31,32)22-8-6-20(26)7-9-22/h1,3-4,6-9,11-13,15,23H,2,5,10,14,16H2,(H,28,30)/t23-/m0/s1. The molecule has 34 heavy (non-hydrogen) atoms. The zero-order chi connectivity index (χ0) is 24.1. The van der Waals surface area contributed by atoms with Crippen molar-refractivity contribution in [1.82, 2.24) is 14.6 Å². The lowest BCUT2D eigenvalue weighted by Gasteiger charge is -2.23. The highest BCUT2D eigenvalue weighted by atomic mass is 35.5. The number of nitrogens with one attached hydrogen (secondary N) is 1. The summed E-state index contributed by atoms with van der Waals surface area (Å²) in [4.78, 5) is 16.9. The molecule has 0 bridgehead atoms. The number of amides is 1. The number of nitrogens with zero attached hydrogens (tertiary/aromatic N) is 2. The van der Waals surface area contributed by atoms with Gasteiger partial charge in [-0.1, -0.05) is 23.7 Å². The maximum atomic E-state index is 13.2.